The summed E-state index contributed by atoms with van der Waals surface area (Å²) in [6.07, 6.45) is 4.15. The summed E-state index contributed by atoms with van der Waals surface area (Å²) in [5.74, 6) is 6.88. The molecule has 2 aromatic carbocycles. The predicted molar refractivity (Wildman–Crippen MR) is 143 cm³/mol. The van der Waals surface area contributed by atoms with Crippen molar-refractivity contribution in [2.45, 2.75) is 53.8 Å². The summed E-state index contributed by atoms with van der Waals surface area (Å²) in [6, 6.07) is 12.0. The lowest BCUT2D eigenvalue weighted by molar-refractivity contribution is -0.109. The van der Waals surface area contributed by atoms with Crippen molar-refractivity contribution in [3.8, 4) is 22.9 Å². The number of nitrogens with zero attached hydrogens (tertiary/aromatic N) is 2. The van der Waals surface area contributed by atoms with Gasteiger partial charge in [-0.15, -0.1) is 11.8 Å². The lowest BCUT2D eigenvalue weighted by Crippen LogP contribution is -2.18. The molecule has 0 radical (unpaired) electrons. The van der Waals surface area contributed by atoms with E-state index in [0.717, 1.165) is 39.6 Å². The smallest absolute Gasteiger partial charge is 0.221 e. The van der Waals surface area contributed by atoms with Gasteiger partial charge in [0, 0.05) is 11.1 Å². The first-order chi connectivity index (χ1) is 16.6. The number of amides is 1. The van der Waals surface area contributed by atoms with Crippen molar-refractivity contribution in [3.05, 3.63) is 59.4 Å². The number of hydrazine groups is 1. The molecule has 1 aromatic heterocycles. The van der Waals surface area contributed by atoms with Crippen LogP contribution in [0, 0.1) is 19.3 Å². The van der Waals surface area contributed by atoms with E-state index in [2.05, 4.69) is 21.0 Å². The van der Waals surface area contributed by atoms with Crippen LogP contribution in [0.5, 0.6) is 11.5 Å². The monoisotopic (exact) mass is 500 g/mol. The molecule has 0 saturated heterocycles. The maximum absolute atomic E-state index is 8.94. The number of rotatable bonds is 7. The SMILES string of the molecule is CSC(=N)c1cc(C)cc(OC(C)C)c1.Cc1cc(OC(C)C)cc(-c2ncn[nH]2)c1.NNC=O. The zero-order valence-corrected chi connectivity index (χ0v) is 22.2. The molecule has 0 spiro atoms. The van der Waals surface area contributed by atoms with E-state index < -0.39 is 0 Å². The van der Waals surface area contributed by atoms with Gasteiger partial charge in [-0.05, 0) is 95.3 Å². The van der Waals surface area contributed by atoms with Crippen molar-refractivity contribution in [3.63, 3.8) is 0 Å². The number of carbonyl (C=O) groups is 1. The van der Waals surface area contributed by atoms with E-state index in [-0.39, 0.29) is 12.2 Å². The fourth-order valence-corrected chi connectivity index (χ4v) is 3.26. The molecule has 5 N–H and O–H groups in total. The van der Waals surface area contributed by atoms with Crippen LogP contribution in [0.2, 0.25) is 0 Å². The summed E-state index contributed by atoms with van der Waals surface area (Å²) in [7, 11) is 0. The Morgan fingerprint density at radius 1 is 1.03 bits per heavy atom. The fraction of sp³-hybridized carbons (Fsp3) is 0.360. The largest absolute Gasteiger partial charge is 0.491 e. The van der Waals surface area contributed by atoms with E-state index in [1.165, 1.54) is 18.1 Å². The number of thioether (sulfide) groups is 1. The number of nitrogens with one attached hydrogen (secondary N) is 3. The number of benzene rings is 2. The van der Waals surface area contributed by atoms with Gasteiger partial charge in [0.1, 0.15) is 17.8 Å². The Labute approximate surface area is 211 Å². The molecule has 1 heterocycles. The van der Waals surface area contributed by atoms with Crippen LogP contribution < -0.4 is 20.7 Å². The highest BCUT2D eigenvalue weighted by molar-refractivity contribution is 8.13. The number of hydrogen-bond donors (Lipinski definition) is 4. The number of hydrogen-bond acceptors (Lipinski definition) is 8. The number of aromatic amines is 1. The molecule has 0 aliphatic heterocycles. The summed E-state index contributed by atoms with van der Waals surface area (Å²) in [4.78, 5) is 13.1. The molecule has 1 amide bonds. The third-order valence-electron chi connectivity index (χ3n) is 4.07. The second kappa shape index (κ2) is 15.5. The van der Waals surface area contributed by atoms with Crippen LogP contribution in [-0.2, 0) is 4.79 Å². The van der Waals surface area contributed by atoms with Crippen LogP contribution in [0.4, 0.5) is 0 Å². The van der Waals surface area contributed by atoms with Crippen molar-refractivity contribution >= 4 is 23.2 Å². The summed E-state index contributed by atoms with van der Waals surface area (Å²) in [5.41, 5.74) is 5.94. The quantitative estimate of drug-likeness (QED) is 0.0925. The van der Waals surface area contributed by atoms with Gasteiger partial charge in [-0.3, -0.25) is 20.7 Å². The molecule has 0 saturated carbocycles. The Morgan fingerprint density at radius 3 is 2.03 bits per heavy atom. The van der Waals surface area contributed by atoms with Crippen molar-refractivity contribution in [1.29, 1.82) is 5.41 Å². The minimum absolute atomic E-state index is 0.170. The third kappa shape index (κ3) is 11.5. The minimum atomic E-state index is 0.170. The van der Waals surface area contributed by atoms with Gasteiger partial charge in [-0.1, -0.05) is 0 Å². The summed E-state index contributed by atoms with van der Waals surface area (Å²) in [6.45, 7) is 12.1. The Hall–Kier alpha value is -3.37. The maximum atomic E-state index is 8.94. The van der Waals surface area contributed by atoms with Crippen LogP contribution in [0.15, 0.2) is 42.7 Å². The normalized spacial score (nSPS) is 10.0. The average molecular weight is 501 g/mol. The lowest BCUT2D eigenvalue weighted by atomic mass is 10.1. The highest BCUT2D eigenvalue weighted by Gasteiger charge is 2.06. The number of aromatic nitrogens is 3. The van der Waals surface area contributed by atoms with E-state index in [1.807, 2.05) is 84.2 Å². The van der Waals surface area contributed by atoms with Crippen LogP contribution >= 0.6 is 11.8 Å². The first kappa shape index (κ1) is 29.7. The highest BCUT2D eigenvalue weighted by atomic mass is 32.2. The molecule has 0 bridgehead atoms. The van der Waals surface area contributed by atoms with Crippen molar-refractivity contribution in [2.24, 2.45) is 5.84 Å². The van der Waals surface area contributed by atoms with Crippen LogP contribution in [-0.4, -0.2) is 45.1 Å². The van der Waals surface area contributed by atoms with Crippen LogP contribution in [0.1, 0.15) is 44.4 Å². The second-order valence-electron chi connectivity index (χ2n) is 8.05. The first-order valence-electron chi connectivity index (χ1n) is 11.0. The Bertz CT molecular complexity index is 1060. The number of H-pyrrole nitrogens is 1. The van der Waals surface area contributed by atoms with Gasteiger partial charge in [-0.2, -0.15) is 5.10 Å². The Morgan fingerprint density at radius 2 is 1.57 bits per heavy atom. The molecule has 3 aromatic rings. The highest BCUT2D eigenvalue weighted by Crippen LogP contribution is 2.24. The molecule has 0 atom stereocenters. The van der Waals surface area contributed by atoms with Crippen molar-refractivity contribution in [2.75, 3.05) is 6.26 Å². The summed E-state index contributed by atoms with van der Waals surface area (Å²) in [5, 5.41) is 15.0. The van der Waals surface area contributed by atoms with Crippen LogP contribution in [0.3, 0.4) is 0 Å². The standard InChI is InChI=1S/C12H15N3O.C12H17NOS.CH4N2O/c1-8(2)16-11-5-9(3)4-10(6-11)12-13-7-14-15-12;1-8(2)14-11-6-9(3)5-10(7-11)12(13)15-4;2-3-1-4/h4-8H,1-3H3,(H,13,14,15);5-8,13H,1-4H3;1H,2H2,(H,3,4). The molecular formula is C25H36N6O3S. The van der Waals surface area contributed by atoms with Gasteiger partial charge >= 0.3 is 0 Å². The van der Waals surface area contributed by atoms with E-state index in [4.69, 9.17) is 19.7 Å². The molecule has 0 aliphatic rings. The number of carbonyl (C=O) groups excluding carboxylic acids is 1. The lowest BCUT2D eigenvalue weighted by Gasteiger charge is -2.12. The third-order valence-corrected chi connectivity index (χ3v) is 4.71. The molecule has 190 valence electrons. The van der Waals surface area contributed by atoms with Crippen molar-refractivity contribution < 1.29 is 14.3 Å². The molecule has 0 fully saturated rings. The predicted octanol–water partition coefficient (Wildman–Crippen LogP) is 4.64. The van der Waals surface area contributed by atoms with E-state index in [9.17, 15) is 0 Å². The Kier molecular flexibility index (Phi) is 13.1. The van der Waals surface area contributed by atoms with Gasteiger partial charge in [0.15, 0.2) is 5.82 Å². The molecule has 9 nitrogen and oxygen atoms in total. The molecule has 0 aliphatic carbocycles. The number of nitrogens with two attached hydrogens (primary N) is 1. The van der Waals surface area contributed by atoms with Gasteiger partial charge < -0.3 is 9.47 Å². The molecule has 10 heteroatoms. The summed E-state index contributed by atoms with van der Waals surface area (Å²) >= 11 is 1.44. The van der Waals surface area contributed by atoms with Gasteiger partial charge in [0.05, 0.1) is 17.3 Å². The van der Waals surface area contributed by atoms with Gasteiger partial charge in [0.25, 0.3) is 0 Å². The molecule has 35 heavy (non-hydrogen) atoms. The average Bonchev–Trinajstić information content (AvgIpc) is 3.32. The van der Waals surface area contributed by atoms with E-state index in [0.29, 0.717) is 11.5 Å². The number of aryl methyl sites for hydroxylation is 2. The summed E-state index contributed by atoms with van der Waals surface area (Å²) < 4.78 is 11.3. The first-order valence-corrected chi connectivity index (χ1v) is 12.3. The van der Waals surface area contributed by atoms with Gasteiger partial charge in [-0.25, -0.2) is 10.8 Å². The van der Waals surface area contributed by atoms with Crippen molar-refractivity contribution in [1.82, 2.24) is 20.6 Å². The van der Waals surface area contributed by atoms with E-state index >= 15 is 0 Å². The molecular weight excluding hydrogens is 464 g/mol. The van der Waals surface area contributed by atoms with E-state index in [1.54, 1.807) is 5.43 Å². The number of ether oxygens (including phenoxy) is 2. The fourth-order valence-electron chi connectivity index (χ4n) is 2.91. The second-order valence-corrected chi connectivity index (χ2v) is 8.87. The molecule has 3 rings (SSSR count). The Balaban J connectivity index is 0.000000305. The maximum Gasteiger partial charge on any atom is 0.221 e. The minimum Gasteiger partial charge on any atom is -0.491 e. The zero-order chi connectivity index (χ0) is 26.4. The zero-order valence-electron chi connectivity index (χ0n) is 21.4. The van der Waals surface area contributed by atoms with Crippen LogP contribution in [0.25, 0.3) is 11.4 Å². The van der Waals surface area contributed by atoms with Gasteiger partial charge in [0.2, 0.25) is 6.41 Å². The topological polar surface area (TPSA) is 139 Å². The molecule has 0 unspecified atom stereocenters.